The zero-order chi connectivity index (χ0) is 13.8. The number of rotatable bonds is 3. The van der Waals surface area contributed by atoms with Crippen LogP contribution in [0.15, 0.2) is 42.5 Å². The fraction of sp³-hybridized carbons (Fsp3) is 0.444. The standard InChI is InChI=1S/C18H23NO/c19-17-11-2-1-3-12-18(17)20-13-15-9-6-8-14-7-4-5-10-16(14)15/h4-10,17-18H,1-3,11-13,19H2. The van der Waals surface area contributed by atoms with Gasteiger partial charge in [0.2, 0.25) is 0 Å². The first-order valence-electron chi connectivity index (χ1n) is 7.68. The molecule has 2 atom stereocenters. The minimum atomic E-state index is 0.201. The molecule has 20 heavy (non-hydrogen) atoms. The average molecular weight is 269 g/mol. The predicted octanol–water partition coefficient (Wildman–Crippen LogP) is 4.02. The van der Waals surface area contributed by atoms with Crippen LogP contribution in [0.3, 0.4) is 0 Å². The van der Waals surface area contributed by atoms with Gasteiger partial charge in [0.15, 0.2) is 0 Å². The van der Waals surface area contributed by atoms with E-state index in [0.717, 1.165) is 12.8 Å². The largest absolute Gasteiger partial charge is 0.372 e. The van der Waals surface area contributed by atoms with E-state index in [1.54, 1.807) is 0 Å². The quantitative estimate of drug-likeness (QED) is 0.854. The van der Waals surface area contributed by atoms with Crippen LogP contribution in [-0.2, 0) is 11.3 Å². The molecule has 2 aromatic rings. The van der Waals surface area contributed by atoms with E-state index in [1.807, 2.05) is 0 Å². The molecule has 2 unspecified atom stereocenters. The van der Waals surface area contributed by atoms with Crippen molar-refractivity contribution in [1.29, 1.82) is 0 Å². The third kappa shape index (κ3) is 3.02. The molecule has 2 nitrogen and oxygen atoms in total. The van der Waals surface area contributed by atoms with Gasteiger partial charge in [0, 0.05) is 6.04 Å². The fourth-order valence-electron chi connectivity index (χ4n) is 3.12. The van der Waals surface area contributed by atoms with Gasteiger partial charge < -0.3 is 10.5 Å². The summed E-state index contributed by atoms with van der Waals surface area (Å²) in [5, 5.41) is 2.57. The molecule has 2 N–H and O–H groups in total. The molecule has 1 saturated carbocycles. The number of fused-ring (bicyclic) bond motifs is 1. The van der Waals surface area contributed by atoms with E-state index < -0.39 is 0 Å². The summed E-state index contributed by atoms with van der Waals surface area (Å²) in [6.07, 6.45) is 6.20. The van der Waals surface area contributed by atoms with Crippen LogP contribution in [-0.4, -0.2) is 12.1 Å². The topological polar surface area (TPSA) is 35.2 Å². The zero-order valence-electron chi connectivity index (χ0n) is 11.9. The van der Waals surface area contributed by atoms with Crippen LogP contribution in [0.5, 0.6) is 0 Å². The molecule has 1 fully saturated rings. The minimum absolute atomic E-state index is 0.201. The number of hydrogen-bond acceptors (Lipinski definition) is 2. The van der Waals surface area contributed by atoms with Crippen LogP contribution < -0.4 is 5.73 Å². The van der Waals surface area contributed by atoms with Gasteiger partial charge in [-0.05, 0) is 29.2 Å². The van der Waals surface area contributed by atoms with E-state index in [9.17, 15) is 0 Å². The second-order valence-electron chi connectivity index (χ2n) is 5.79. The lowest BCUT2D eigenvalue weighted by Gasteiger charge is -2.22. The third-order valence-corrected chi connectivity index (χ3v) is 4.34. The Morgan fingerprint density at radius 1 is 0.950 bits per heavy atom. The molecule has 1 aliphatic rings. The first kappa shape index (κ1) is 13.6. The van der Waals surface area contributed by atoms with Crippen LogP contribution in [0.1, 0.15) is 37.7 Å². The van der Waals surface area contributed by atoms with Gasteiger partial charge in [0.1, 0.15) is 0 Å². The van der Waals surface area contributed by atoms with Crippen molar-refractivity contribution in [1.82, 2.24) is 0 Å². The second kappa shape index (κ2) is 6.38. The van der Waals surface area contributed by atoms with E-state index in [1.165, 1.54) is 35.6 Å². The molecule has 3 rings (SSSR count). The maximum Gasteiger partial charge on any atom is 0.0730 e. The van der Waals surface area contributed by atoms with Crippen LogP contribution in [0.4, 0.5) is 0 Å². The van der Waals surface area contributed by atoms with Crippen LogP contribution in [0.2, 0.25) is 0 Å². The highest BCUT2D eigenvalue weighted by Gasteiger charge is 2.21. The highest BCUT2D eigenvalue weighted by Crippen LogP contribution is 2.23. The molecule has 0 amide bonds. The summed E-state index contributed by atoms with van der Waals surface area (Å²) in [5.41, 5.74) is 7.49. The van der Waals surface area contributed by atoms with Crippen LogP contribution in [0.25, 0.3) is 10.8 Å². The summed E-state index contributed by atoms with van der Waals surface area (Å²) in [4.78, 5) is 0. The summed E-state index contributed by atoms with van der Waals surface area (Å²) in [7, 11) is 0. The Bertz CT molecular complexity index is 561. The molecule has 0 heterocycles. The maximum absolute atomic E-state index is 6.23. The number of benzene rings is 2. The Hall–Kier alpha value is -1.38. The Kier molecular flexibility index (Phi) is 4.34. The number of ether oxygens (including phenoxy) is 1. The Morgan fingerprint density at radius 3 is 2.70 bits per heavy atom. The highest BCUT2D eigenvalue weighted by atomic mass is 16.5. The summed E-state index contributed by atoms with van der Waals surface area (Å²) >= 11 is 0. The van der Waals surface area contributed by atoms with E-state index in [4.69, 9.17) is 10.5 Å². The van der Waals surface area contributed by atoms with E-state index in [-0.39, 0.29) is 12.1 Å². The van der Waals surface area contributed by atoms with Crippen molar-refractivity contribution >= 4 is 10.8 Å². The van der Waals surface area contributed by atoms with E-state index in [2.05, 4.69) is 42.5 Å². The number of hydrogen-bond donors (Lipinski definition) is 1. The summed E-state index contributed by atoms with van der Waals surface area (Å²) in [5.74, 6) is 0. The normalized spacial score (nSPS) is 23.6. The van der Waals surface area contributed by atoms with Crippen molar-refractivity contribution in [3.63, 3.8) is 0 Å². The Balaban J connectivity index is 1.73. The van der Waals surface area contributed by atoms with E-state index in [0.29, 0.717) is 6.61 Å². The van der Waals surface area contributed by atoms with Gasteiger partial charge in [-0.15, -0.1) is 0 Å². The smallest absolute Gasteiger partial charge is 0.0730 e. The average Bonchev–Trinajstić information content (AvgIpc) is 2.69. The molecule has 0 spiro atoms. The van der Waals surface area contributed by atoms with Crippen molar-refractivity contribution in [2.24, 2.45) is 5.73 Å². The number of nitrogens with two attached hydrogens (primary N) is 1. The van der Waals surface area contributed by atoms with Gasteiger partial charge in [0.25, 0.3) is 0 Å². The van der Waals surface area contributed by atoms with Gasteiger partial charge >= 0.3 is 0 Å². The summed E-state index contributed by atoms with van der Waals surface area (Å²) in [6, 6.07) is 15.1. The fourth-order valence-corrected chi connectivity index (χ4v) is 3.12. The van der Waals surface area contributed by atoms with Gasteiger partial charge in [-0.2, -0.15) is 0 Å². The van der Waals surface area contributed by atoms with Crippen LogP contribution in [0, 0.1) is 0 Å². The molecule has 0 bridgehead atoms. The summed E-state index contributed by atoms with van der Waals surface area (Å²) < 4.78 is 6.14. The van der Waals surface area contributed by atoms with Gasteiger partial charge in [-0.1, -0.05) is 61.7 Å². The molecule has 0 aliphatic heterocycles. The third-order valence-electron chi connectivity index (χ3n) is 4.34. The van der Waals surface area contributed by atoms with Gasteiger partial charge in [0.05, 0.1) is 12.7 Å². The molecule has 0 radical (unpaired) electrons. The van der Waals surface area contributed by atoms with E-state index >= 15 is 0 Å². The molecule has 0 aromatic heterocycles. The Morgan fingerprint density at radius 2 is 1.75 bits per heavy atom. The van der Waals surface area contributed by atoms with Gasteiger partial charge in [-0.25, -0.2) is 0 Å². The lowest BCUT2D eigenvalue weighted by atomic mass is 10.0. The molecule has 0 saturated heterocycles. The van der Waals surface area contributed by atoms with Crippen molar-refractivity contribution in [2.45, 2.75) is 50.9 Å². The van der Waals surface area contributed by atoms with Crippen LogP contribution >= 0.6 is 0 Å². The van der Waals surface area contributed by atoms with Crippen molar-refractivity contribution in [3.8, 4) is 0 Å². The zero-order valence-corrected chi connectivity index (χ0v) is 11.9. The Labute approximate surface area is 120 Å². The molecule has 106 valence electrons. The summed E-state index contributed by atoms with van der Waals surface area (Å²) in [6.45, 7) is 0.666. The van der Waals surface area contributed by atoms with Crippen molar-refractivity contribution in [3.05, 3.63) is 48.0 Å². The molecule has 2 aromatic carbocycles. The molecule has 1 aliphatic carbocycles. The lowest BCUT2D eigenvalue weighted by Crippen LogP contribution is -2.35. The lowest BCUT2D eigenvalue weighted by molar-refractivity contribution is 0.0200. The first-order valence-corrected chi connectivity index (χ1v) is 7.68. The maximum atomic E-state index is 6.23. The monoisotopic (exact) mass is 269 g/mol. The van der Waals surface area contributed by atoms with Crippen molar-refractivity contribution < 1.29 is 4.74 Å². The predicted molar refractivity (Wildman–Crippen MR) is 83.6 cm³/mol. The first-order chi connectivity index (χ1) is 9.84. The minimum Gasteiger partial charge on any atom is -0.372 e. The van der Waals surface area contributed by atoms with Gasteiger partial charge in [-0.3, -0.25) is 0 Å². The highest BCUT2D eigenvalue weighted by molar-refractivity contribution is 5.85. The molecule has 2 heteroatoms. The SMILES string of the molecule is NC1CCCCCC1OCc1cccc2ccccc12. The molecular weight excluding hydrogens is 246 g/mol. The molecular formula is C18H23NO. The second-order valence-corrected chi connectivity index (χ2v) is 5.79. The van der Waals surface area contributed by atoms with Crippen molar-refractivity contribution in [2.75, 3.05) is 0 Å².